The lowest BCUT2D eigenvalue weighted by Gasteiger charge is -2.42. The molecule has 2 aliphatic heterocycles. The highest BCUT2D eigenvalue weighted by Gasteiger charge is 2.57. The van der Waals surface area contributed by atoms with Crippen LogP contribution in [0.25, 0.3) is 6.08 Å². The number of amides is 3. The van der Waals surface area contributed by atoms with Crippen LogP contribution in [-0.4, -0.2) is 72.1 Å². The molecule has 3 amide bonds. The molecule has 0 aliphatic carbocycles. The van der Waals surface area contributed by atoms with Crippen molar-refractivity contribution < 1.29 is 14.3 Å². The first-order chi connectivity index (χ1) is 15.6. The molecule has 2 aromatic rings. The minimum atomic E-state index is -0.761. The molecule has 6 heteroatoms. The third-order valence-corrected chi connectivity index (χ3v) is 6.47. The first-order valence-corrected chi connectivity index (χ1v) is 11.2. The number of hydrogen-bond acceptors (Lipinski definition) is 4. The van der Waals surface area contributed by atoms with E-state index in [4.69, 9.17) is 4.74 Å². The molecule has 2 heterocycles. The summed E-state index contributed by atoms with van der Waals surface area (Å²) in [5.74, 6) is -0.0734. The molecule has 2 aromatic carbocycles. The van der Waals surface area contributed by atoms with Gasteiger partial charge < -0.3 is 9.64 Å². The molecule has 0 N–H and O–H groups in total. The minimum absolute atomic E-state index is 0.0734. The molecular formula is C26H31N3O3. The highest BCUT2D eigenvalue weighted by molar-refractivity contribution is 6.07. The molecule has 32 heavy (non-hydrogen) atoms. The highest BCUT2D eigenvalue weighted by Crippen LogP contribution is 2.37. The van der Waals surface area contributed by atoms with Gasteiger partial charge in [-0.05, 0) is 24.0 Å². The van der Waals surface area contributed by atoms with E-state index in [1.54, 1.807) is 12.0 Å². The lowest BCUT2D eigenvalue weighted by Crippen LogP contribution is -2.57. The zero-order valence-electron chi connectivity index (χ0n) is 18.7. The second-order valence-corrected chi connectivity index (χ2v) is 8.45. The van der Waals surface area contributed by atoms with E-state index in [2.05, 4.69) is 17.0 Å². The van der Waals surface area contributed by atoms with Gasteiger partial charge in [-0.2, -0.15) is 0 Å². The van der Waals surface area contributed by atoms with Crippen LogP contribution >= 0.6 is 0 Å². The van der Waals surface area contributed by atoms with Crippen LogP contribution < -0.4 is 0 Å². The van der Waals surface area contributed by atoms with Crippen molar-refractivity contribution >= 4 is 18.0 Å². The van der Waals surface area contributed by atoms with Gasteiger partial charge in [0.1, 0.15) is 5.54 Å². The number of nitrogens with zero attached hydrogens (tertiary/aromatic N) is 3. The van der Waals surface area contributed by atoms with Crippen molar-refractivity contribution in [2.24, 2.45) is 0 Å². The fraction of sp³-hybridized carbons (Fsp3) is 0.385. The van der Waals surface area contributed by atoms with Gasteiger partial charge in [-0.1, -0.05) is 72.8 Å². The molecular weight excluding hydrogens is 402 g/mol. The van der Waals surface area contributed by atoms with Crippen molar-refractivity contribution in [3.8, 4) is 0 Å². The lowest BCUT2D eigenvalue weighted by atomic mass is 9.85. The largest absolute Gasteiger partial charge is 0.383 e. The van der Waals surface area contributed by atoms with E-state index < -0.39 is 5.54 Å². The third-order valence-electron chi connectivity index (χ3n) is 6.47. The van der Waals surface area contributed by atoms with E-state index >= 15 is 0 Å². The van der Waals surface area contributed by atoms with Gasteiger partial charge >= 0.3 is 6.03 Å². The van der Waals surface area contributed by atoms with Crippen LogP contribution in [0.5, 0.6) is 0 Å². The summed E-state index contributed by atoms with van der Waals surface area (Å²) in [6.45, 7) is 3.56. The molecule has 0 aromatic heterocycles. The van der Waals surface area contributed by atoms with Gasteiger partial charge in [-0.3, -0.25) is 14.6 Å². The highest BCUT2D eigenvalue weighted by atomic mass is 16.5. The number of benzene rings is 2. The molecule has 0 saturated carbocycles. The van der Waals surface area contributed by atoms with Crippen LogP contribution in [0.4, 0.5) is 4.79 Å². The number of likely N-dealkylation sites (tertiary alicyclic amines) is 1. The van der Waals surface area contributed by atoms with Gasteiger partial charge in [0.05, 0.1) is 6.61 Å². The molecule has 6 nitrogen and oxygen atoms in total. The van der Waals surface area contributed by atoms with Gasteiger partial charge in [0.25, 0.3) is 5.91 Å². The Morgan fingerprint density at radius 3 is 2.28 bits per heavy atom. The summed E-state index contributed by atoms with van der Waals surface area (Å²) in [5, 5.41) is 0. The average molecular weight is 434 g/mol. The maximum Gasteiger partial charge on any atom is 0.328 e. The Balaban J connectivity index is 1.46. The van der Waals surface area contributed by atoms with E-state index in [1.165, 1.54) is 10.5 Å². The zero-order chi connectivity index (χ0) is 22.4. The molecule has 2 fully saturated rings. The number of carbonyl (C=O) groups is 2. The van der Waals surface area contributed by atoms with Gasteiger partial charge in [-0.25, -0.2) is 4.79 Å². The maximum absolute atomic E-state index is 13.5. The van der Waals surface area contributed by atoms with Crippen LogP contribution in [0.2, 0.25) is 0 Å². The molecule has 1 spiro atoms. The van der Waals surface area contributed by atoms with Crippen LogP contribution in [0.3, 0.4) is 0 Å². The van der Waals surface area contributed by atoms with Crippen molar-refractivity contribution in [3.05, 3.63) is 77.9 Å². The van der Waals surface area contributed by atoms with E-state index in [-0.39, 0.29) is 18.5 Å². The minimum Gasteiger partial charge on any atom is -0.383 e. The average Bonchev–Trinajstić information content (AvgIpc) is 3.01. The van der Waals surface area contributed by atoms with Gasteiger partial charge in [0, 0.05) is 39.8 Å². The molecule has 0 atom stereocenters. The van der Waals surface area contributed by atoms with Gasteiger partial charge in [-0.15, -0.1) is 0 Å². The summed E-state index contributed by atoms with van der Waals surface area (Å²) in [6.07, 6.45) is 5.14. The molecule has 2 saturated heterocycles. The summed E-state index contributed by atoms with van der Waals surface area (Å²) in [5.41, 5.74) is 1.55. The van der Waals surface area contributed by atoms with Crippen LogP contribution in [0, 0.1) is 0 Å². The number of rotatable bonds is 8. The number of carbonyl (C=O) groups excluding carboxylic acids is 2. The number of urea groups is 1. The smallest absolute Gasteiger partial charge is 0.328 e. The summed E-state index contributed by atoms with van der Waals surface area (Å²) < 4.78 is 5.25. The summed E-state index contributed by atoms with van der Waals surface area (Å²) in [6, 6.07) is 20.1. The first kappa shape index (κ1) is 22.2. The van der Waals surface area contributed by atoms with Gasteiger partial charge in [0.15, 0.2) is 0 Å². The van der Waals surface area contributed by atoms with Crippen molar-refractivity contribution in [1.82, 2.24) is 14.7 Å². The van der Waals surface area contributed by atoms with Crippen molar-refractivity contribution in [2.75, 3.05) is 39.9 Å². The number of piperidine rings is 1. The zero-order valence-corrected chi connectivity index (χ0v) is 18.7. The molecule has 0 radical (unpaired) electrons. The number of imide groups is 1. The van der Waals surface area contributed by atoms with Crippen molar-refractivity contribution in [2.45, 2.75) is 24.9 Å². The second kappa shape index (κ2) is 10.1. The third kappa shape index (κ3) is 4.61. The summed E-state index contributed by atoms with van der Waals surface area (Å²) in [7, 11) is 1.62. The molecule has 2 aliphatic rings. The number of hydrogen-bond donors (Lipinski definition) is 0. The first-order valence-electron chi connectivity index (χ1n) is 11.2. The summed E-state index contributed by atoms with van der Waals surface area (Å²) >= 11 is 0. The molecule has 4 rings (SSSR count). The monoisotopic (exact) mass is 433 g/mol. The quantitative estimate of drug-likeness (QED) is 0.597. The van der Waals surface area contributed by atoms with Gasteiger partial charge in [0.2, 0.25) is 0 Å². The molecule has 0 bridgehead atoms. The Bertz CT molecular complexity index is 937. The van der Waals surface area contributed by atoms with E-state index in [0.717, 1.165) is 25.2 Å². The van der Waals surface area contributed by atoms with Crippen LogP contribution in [0.15, 0.2) is 66.7 Å². The Kier molecular flexibility index (Phi) is 7.02. The Morgan fingerprint density at radius 2 is 1.62 bits per heavy atom. The lowest BCUT2D eigenvalue weighted by molar-refractivity contribution is -0.135. The Labute approximate surface area is 190 Å². The van der Waals surface area contributed by atoms with Crippen LogP contribution in [0.1, 0.15) is 24.0 Å². The standard InChI is InChI=1S/C26H31N3O3/c1-32-20-19-29-25(31)28(16-8-13-22-9-4-2-5-10-22)24(30)26(29)14-17-27(18-15-26)21-23-11-6-3-7-12-23/h2-13H,14-21H2,1H3/b13-8+. The summed E-state index contributed by atoms with van der Waals surface area (Å²) in [4.78, 5) is 32.3. The Morgan fingerprint density at radius 1 is 0.969 bits per heavy atom. The SMILES string of the molecule is COCCN1C(=O)N(C/C=C/c2ccccc2)C(=O)C12CCN(Cc1ccccc1)CC2. The fourth-order valence-corrected chi connectivity index (χ4v) is 4.70. The number of methoxy groups -OCH3 is 1. The normalized spacial score (nSPS) is 18.9. The van der Waals surface area contributed by atoms with E-state index in [9.17, 15) is 9.59 Å². The van der Waals surface area contributed by atoms with Crippen molar-refractivity contribution in [3.63, 3.8) is 0 Å². The fourth-order valence-electron chi connectivity index (χ4n) is 4.70. The van der Waals surface area contributed by atoms with Crippen molar-refractivity contribution in [1.29, 1.82) is 0 Å². The maximum atomic E-state index is 13.5. The molecule has 0 unspecified atom stereocenters. The predicted molar refractivity (Wildman–Crippen MR) is 125 cm³/mol. The molecule has 168 valence electrons. The Hall–Kier alpha value is -2.96. The van der Waals surface area contributed by atoms with Crippen LogP contribution in [-0.2, 0) is 16.1 Å². The number of ether oxygens (including phenoxy) is 1. The van der Waals surface area contributed by atoms with E-state index in [0.29, 0.717) is 26.0 Å². The predicted octanol–water partition coefficient (Wildman–Crippen LogP) is 3.65. The second-order valence-electron chi connectivity index (χ2n) is 8.45. The van der Waals surface area contributed by atoms with E-state index in [1.807, 2.05) is 60.7 Å². The topological polar surface area (TPSA) is 53.1 Å².